The van der Waals surface area contributed by atoms with Crippen LogP contribution >= 0.6 is 0 Å². The van der Waals surface area contributed by atoms with Crippen LogP contribution in [-0.2, 0) is 4.74 Å². The predicted octanol–water partition coefficient (Wildman–Crippen LogP) is 1.32. The van der Waals surface area contributed by atoms with E-state index in [0.29, 0.717) is 30.8 Å². The Morgan fingerprint density at radius 3 is 2.77 bits per heavy atom. The van der Waals surface area contributed by atoms with Crippen LogP contribution in [0.4, 0.5) is 0 Å². The number of nitrogens with one attached hydrogen (secondary N) is 1. The minimum atomic E-state index is -0.145. The molecule has 1 aromatic rings. The lowest BCUT2D eigenvalue weighted by atomic mass is 10.1. The van der Waals surface area contributed by atoms with Gasteiger partial charge in [-0.15, -0.1) is 0 Å². The molecular formula is C16H26N4O2. The summed E-state index contributed by atoms with van der Waals surface area (Å²) in [6.45, 7) is 7.16. The highest BCUT2D eigenvalue weighted by Crippen LogP contribution is 2.12. The van der Waals surface area contributed by atoms with Crippen molar-refractivity contribution in [1.29, 1.82) is 0 Å². The van der Waals surface area contributed by atoms with Crippen molar-refractivity contribution in [2.75, 3.05) is 33.3 Å². The van der Waals surface area contributed by atoms with E-state index < -0.39 is 0 Å². The van der Waals surface area contributed by atoms with Crippen LogP contribution in [0, 0.1) is 13.8 Å². The van der Waals surface area contributed by atoms with Gasteiger partial charge in [0, 0.05) is 31.9 Å². The number of aryl methyl sites for hydroxylation is 2. The molecule has 6 nitrogen and oxygen atoms in total. The Morgan fingerprint density at radius 1 is 1.36 bits per heavy atom. The lowest BCUT2D eigenvalue weighted by molar-refractivity contribution is 0.0117. The van der Waals surface area contributed by atoms with E-state index in [1.165, 1.54) is 0 Å². The van der Waals surface area contributed by atoms with Gasteiger partial charge >= 0.3 is 0 Å². The maximum Gasteiger partial charge on any atom is 0.270 e. The summed E-state index contributed by atoms with van der Waals surface area (Å²) in [6, 6.07) is 1.71. The molecule has 2 rings (SSSR count). The third kappa shape index (κ3) is 5.35. The molecule has 0 bridgehead atoms. The third-order valence-corrected chi connectivity index (χ3v) is 3.82. The van der Waals surface area contributed by atoms with E-state index in [9.17, 15) is 4.79 Å². The molecule has 1 aliphatic heterocycles. The second-order valence-electron chi connectivity index (χ2n) is 5.92. The summed E-state index contributed by atoms with van der Waals surface area (Å²) >= 11 is 0. The Hall–Kier alpha value is -1.53. The molecule has 2 heterocycles. The van der Waals surface area contributed by atoms with E-state index in [2.05, 4.69) is 27.2 Å². The summed E-state index contributed by atoms with van der Waals surface area (Å²) in [5.74, 6) is 0.476. The Morgan fingerprint density at radius 2 is 2.09 bits per heavy atom. The highest BCUT2D eigenvalue weighted by Gasteiger charge is 2.16. The van der Waals surface area contributed by atoms with E-state index in [-0.39, 0.29) is 5.91 Å². The summed E-state index contributed by atoms with van der Waals surface area (Å²) in [7, 11) is 2.14. The van der Waals surface area contributed by atoms with Crippen LogP contribution in [0.15, 0.2) is 6.07 Å². The van der Waals surface area contributed by atoms with Gasteiger partial charge in [-0.3, -0.25) is 4.79 Å². The van der Waals surface area contributed by atoms with Crippen molar-refractivity contribution in [2.45, 2.75) is 39.2 Å². The second kappa shape index (κ2) is 8.19. The molecule has 1 N–H and O–H groups in total. The van der Waals surface area contributed by atoms with Gasteiger partial charge in [-0.05, 0) is 46.2 Å². The van der Waals surface area contributed by atoms with Crippen molar-refractivity contribution >= 4 is 5.91 Å². The number of carbonyl (C=O) groups is 1. The first kappa shape index (κ1) is 16.8. The number of likely N-dealkylation sites (tertiary alicyclic amines) is 1. The first-order chi connectivity index (χ1) is 10.5. The van der Waals surface area contributed by atoms with Crippen LogP contribution in [0.5, 0.6) is 0 Å². The van der Waals surface area contributed by atoms with Crippen LogP contribution in [0.3, 0.4) is 0 Å². The molecule has 6 heteroatoms. The first-order valence-electron chi connectivity index (χ1n) is 7.95. The van der Waals surface area contributed by atoms with Crippen LogP contribution in [0.2, 0.25) is 0 Å². The van der Waals surface area contributed by atoms with Gasteiger partial charge in [-0.2, -0.15) is 0 Å². The maximum atomic E-state index is 12.0. The molecule has 1 amide bonds. The Labute approximate surface area is 132 Å². The van der Waals surface area contributed by atoms with Crippen molar-refractivity contribution in [3.63, 3.8) is 0 Å². The van der Waals surface area contributed by atoms with E-state index in [0.717, 1.165) is 38.0 Å². The summed E-state index contributed by atoms with van der Waals surface area (Å²) in [5, 5.41) is 2.88. The highest BCUT2D eigenvalue weighted by atomic mass is 16.5. The molecule has 0 aliphatic carbocycles. The van der Waals surface area contributed by atoms with Gasteiger partial charge in [0.05, 0.1) is 6.10 Å². The Kier molecular flexibility index (Phi) is 6.27. The Bertz CT molecular complexity index is 479. The van der Waals surface area contributed by atoms with Gasteiger partial charge in [-0.25, -0.2) is 9.97 Å². The number of hydrogen-bond donors (Lipinski definition) is 1. The highest BCUT2D eigenvalue weighted by molar-refractivity contribution is 5.92. The monoisotopic (exact) mass is 306 g/mol. The molecule has 0 spiro atoms. The molecule has 1 aromatic heterocycles. The molecule has 22 heavy (non-hydrogen) atoms. The van der Waals surface area contributed by atoms with Gasteiger partial charge in [-0.1, -0.05) is 0 Å². The number of hydrogen-bond acceptors (Lipinski definition) is 5. The molecule has 0 unspecified atom stereocenters. The zero-order valence-electron chi connectivity index (χ0n) is 13.8. The van der Waals surface area contributed by atoms with E-state index >= 15 is 0 Å². The van der Waals surface area contributed by atoms with E-state index in [4.69, 9.17) is 4.74 Å². The molecule has 0 radical (unpaired) electrons. The van der Waals surface area contributed by atoms with E-state index in [1.54, 1.807) is 13.0 Å². The van der Waals surface area contributed by atoms with Gasteiger partial charge in [0.2, 0.25) is 0 Å². The van der Waals surface area contributed by atoms with Crippen LogP contribution in [0.1, 0.15) is 41.3 Å². The second-order valence-corrected chi connectivity index (χ2v) is 5.92. The fourth-order valence-electron chi connectivity index (χ4n) is 2.60. The van der Waals surface area contributed by atoms with Gasteiger partial charge in [0.15, 0.2) is 0 Å². The summed E-state index contributed by atoms with van der Waals surface area (Å²) in [6.07, 6.45) is 3.39. The van der Waals surface area contributed by atoms with Crippen molar-refractivity contribution < 1.29 is 9.53 Å². The molecule has 122 valence electrons. The van der Waals surface area contributed by atoms with Gasteiger partial charge in [0.25, 0.3) is 5.91 Å². The van der Waals surface area contributed by atoms with Gasteiger partial charge in [0.1, 0.15) is 11.5 Å². The largest absolute Gasteiger partial charge is 0.378 e. The minimum Gasteiger partial charge on any atom is -0.378 e. The quantitative estimate of drug-likeness (QED) is 0.803. The lowest BCUT2D eigenvalue weighted by Gasteiger charge is -2.28. The van der Waals surface area contributed by atoms with E-state index in [1.807, 2.05) is 6.92 Å². The van der Waals surface area contributed by atoms with Crippen molar-refractivity contribution in [1.82, 2.24) is 20.2 Å². The SMILES string of the molecule is Cc1cc(C(=O)NCCCOC2CCN(C)CC2)nc(C)n1. The standard InChI is InChI=1S/C16H26N4O2/c1-12-11-15(19-13(2)18-12)16(21)17-7-4-10-22-14-5-8-20(3)9-6-14/h11,14H,4-10H2,1-3H3,(H,17,21). The summed E-state index contributed by atoms with van der Waals surface area (Å²) in [5.41, 5.74) is 1.24. The van der Waals surface area contributed by atoms with Crippen LogP contribution < -0.4 is 5.32 Å². The molecule has 0 saturated carbocycles. The van der Waals surface area contributed by atoms with Crippen molar-refractivity contribution in [3.8, 4) is 0 Å². The predicted molar refractivity (Wildman–Crippen MR) is 84.9 cm³/mol. The minimum absolute atomic E-state index is 0.145. The van der Waals surface area contributed by atoms with Crippen molar-refractivity contribution in [3.05, 3.63) is 23.3 Å². The zero-order chi connectivity index (χ0) is 15.9. The molecular weight excluding hydrogens is 280 g/mol. The molecule has 1 saturated heterocycles. The van der Waals surface area contributed by atoms with Crippen LogP contribution in [0.25, 0.3) is 0 Å². The molecule has 1 fully saturated rings. The van der Waals surface area contributed by atoms with Crippen LogP contribution in [-0.4, -0.2) is 60.2 Å². The fourth-order valence-corrected chi connectivity index (χ4v) is 2.60. The zero-order valence-corrected chi connectivity index (χ0v) is 13.8. The Balaban J connectivity index is 1.63. The third-order valence-electron chi connectivity index (χ3n) is 3.82. The average molecular weight is 306 g/mol. The topological polar surface area (TPSA) is 67.3 Å². The normalized spacial score (nSPS) is 16.7. The summed E-state index contributed by atoms with van der Waals surface area (Å²) < 4.78 is 5.85. The maximum absolute atomic E-state index is 12.0. The molecule has 0 atom stereocenters. The lowest BCUT2D eigenvalue weighted by Crippen LogP contribution is -2.34. The number of piperidine rings is 1. The van der Waals surface area contributed by atoms with Gasteiger partial charge < -0.3 is 15.0 Å². The number of carbonyl (C=O) groups excluding carboxylic acids is 1. The number of nitrogens with zero attached hydrogens (tertiary/aromatic N) is 3. The first-order valence-corrected chi connectivity index (χ1v) is 7.95. The smallest absolute Gasteiger partial charge is 0.270 e. The average Bonchev–Trinajstić information content (AvgIpc) is 2.47. The summed E-state index contributed by atoms with van der Waals surface area (Å²) in [4.78, 5) is 22.7. The number of amides is 1. The number of aromatic nitrogens is 2. The molecule has 0 aromatic carbocycles. The fraction of sp³-hybridized carbons (Fsp3) is 0.688. The molecule has 1 aliphatic rings. The van der Waals surface area contributed by atoms with Crippen molar-refractivity contribution in [2.24, 2.45) is 0 Å². The number of rotatable bonds is 6. The number of ether oxygens (including phenoxy) is 1.